The molecule has 0 saturated heterocycles. The topological polar surface area (TPSA) is 106 Å². The monoisotopic (exact) mass is 457 g/mol. The fraction of sp³-hybridized carbons (Fsp3) is 0.0769. The van der Waals surface area contributed by atoms with E-state index in [1.165, 1.54) is 19.4 Å². The Bertz CT molecular complexity index is 1170. The van der Waals surface area contributed by atoms with Gasteiger partial charge < -0.3 is 14.8 Å². The van der Waals surface area contributed by atoms with Crippen molar-refractivity contribution < 1.29 is 23.9 Å². The van der Waals surface area contributed by atoms with Gasteiger partial charge in [0.15, 0.2) is 0 Å². The molecule has 0 unspecified atom stereocenters. The van der Waals surface area contributed by atoms with Gasteiger partial charge in [0.2, 0.25) is 0 Å². The number of hydrazone groups is 1. The highest BCUT2D eigenvalue weighted by Gasteiger charge is 2.07. The van der Waals surface area contributed by atoms with E-state index in [9.17, 15) is 14.4 Å². The molecule has 0 aliphatic rings. The molecule has 3 rings (SSSR count). The Morgan fingerprint density at radius 3 is 2.21 bits per heavy atom. The molecule has 0 aromatic heterocycles. The number of hydrogen-bond donors (Lipinski definition) is 2. The quantitative estimate of drug-likeness (QED) is 0.169. The third-order valence-electron chi connectivity index (χ3n) is 4.47. The van der Waals surface area contributed by atoms with Crippen molar-refractivity contribution in [1.82, 2.24) is 10.7 Å². The largest absolute Gasteiger partial charge is 0.497 e. The van der Waals surface area contributed by atoms with Gasteiger partial charge in [0.25, 0.3) is 11.8 Å². The van der Waals surface area contributed by atoms with E-state index in [1.54, 1.807) is 54.6 Å². The van der Waals surface area contributed by atoms with Crippen LogP contribution in [0.1, 0.15) is 21.5 Å². The third kappa shape index (κ3) is 7.76. The van der Waals surface area contributed by atoms with Crippen LogP contribution in [0.25, 0.3) is 6.08 Å². The minimum absolute atomic E-state index is 0.229. The highest BCUT2D eigenvalue weighted by Crippen LogP contribution is 2.12. The number of nitrogens with zero attached hydrogens (tertiary/aromatic N) is 1. The maximum atomic E-state index is 12.1. The summed E-state index contributed by atoms with van der Waals surface area (Å²) in [6, 6.07) is 22.5. The van der Waals surface area contributed by atoms with Gasteiger partial charge in [-0.05, 0) is 65.7 Å². The smallest absolute Gasteiger partial charge is 0.336 e. The van der Waals surface area contributed by atoms with Crippen molar-refractivity contribution in [2.24, 2.45) is 5.10 Å². The van der Waals surface area contributed by atoms with Gasteiger partial charge in [0, 0.05) is 11.6 Å². The molecule has 0 bridgehead atoms. The van der Waals surface area contributed by atoms with Gasteiger partial charge in [-0.1, -0.05) is 30.3 Å². The van der Waals surface area contributed by atoms with E-state index in [0.29, 0.717) is 22.6 Å². The number of amides is 2. The van der Waals surface area contributed by atoms with Crippen LogP contribution in [0, 0.1) is 0 Å². The van der Waals surface area contributed by atoms with Crippen molar-refractivity contribution in [2.75, 3.05) is 13.7 Å². The van der Waals surface area contributed by atoms with Crippen molar-refractivity contribution in [1.29, 1.82) is 0 Å². The van der Waals surface area contributed by atoms with Crippen LogP contribution >= 0.6 is 0 Å². The summed E-state index contributed by atoms with van der Waals surface area (Å²) >= 11 is 0. The maximum Gasteiger partial charge on any atom is 0.336 e. The van der Waals surface area contributed by atoms with Crippen molar-refractivity contribution in [2.45, 2.75) is 0 Å². The first kappa shape index (κ1) is 23.9. The molecular formula is C26H23N3O5. The van der Waals surface area contributed by atoms with E-state index in [2.05, 4.69) is 15.8 Å². The molecular weight excluding hydrogens is 434 g/mol. The fourth-order valence-corrected chi connectivity index (χ4v) is 2.72. The van der Waals surface area contributed by atoms with Gasteiger partial charge in [-0.25, -0.2) is 10.2 Å². The Morgan fingerprint density at radius 1 is 0.853 bits per heavy atom. The number of esters is 1. The molecule has 0 aliphatic heterocycles. The first-order chi connectivity index (χ1) is 16.5. The molecule has 0 atom stereocenters. The van der Waals surface area contributed by atoms with Gasteiger partial charge in [-0.15, -0.1) is 0 Å². The zero-order valence-corrected chi connectivity index (χ0v) is 18.4. The molecule has 2 amide bonds. The summed E-state index contributed by atoms with van der Waals surface area (Å²) in [4.78, 5) is 35.9. The summed E-state index contributed by atoms with van der Waals surface area (Å²) < 4.78 is 10.3. The lowest BCUT2D eigenvalue weighted by atomic mass is 10.2. The van der Waals surface area contributed by atoms with Gasteiger partial charge in [-0.3, -0.25) is 9.59 Å². The van der Waals surface area contributed by atoms with Crippen LogP contribution in [0.15, 0.2) is 90.0 Å². The summed E-state index contributed by atoms with van der Waals surface area (Å²) in [6.07, 6.45) is 4.46. The second-order valence-corrected chi connectivity index (χ2v) is 6.94. The standard InChI is InChI=1S/C26H23N3O5/c1-33-22-14-10-21(11-15-22)26(32)27-18-24(30)29-28-17-20-7-12-23(13-8-20)34-25(31)16-9-19-5-3-2-4-6-19/h2-17H,18H2,1H3,(H,27,32)(H,29,30)/b16-9+,28-17-. The first-order valence-corrected chi connectivity index (χ1v) is 10.3. The zero-order valence-electron chi connectivity index (χ0n) is 18.4. The third-order valence-corrected chi connectivity index (χ3v) is 4.47. The lowest BCUT2D eigenvalue weighted by Gasteiger charge is -2.05. The van der Waals surface area contributed by atoms with Crippen molar-refractivity contribution in [3.63, 3.8) is 0 Å². The van der Waals surface area contributed by atoms with Crippen LogP contribution < -0.4 is 20.2 Å². The maximum absolute atomic E-state index is 12.1. The number of hydrogen-bond acceptors (Lipinski definition) is 6. The summed E-state index contributed by atoms with van der Waals surface area (Å²) in [5, 5.41) is 6.37. The van der Waals surface area contributed by atoms with E-state index >= 15 is 0 Å². The number of methoxy groups -OCH3 is 1. The Kier molecular flexibility index (Phi) is 8.69. The lowest BCUT2D eigenvalue weighted by Crippen LogP contribution is -2.34. The Labute approximate surface area is 196 Å². The summed E-state index contributed by atoms with van der Waals surface area (Å²) in [5.74, 6) is -0.339. The number of ether oxygens (including phenoxy) is 2. The second-order valence-electron chi connectivity index (χ2n) is 6.94. The van der Waals surface area contributed by atoms with Crippen LogP contribution in [0.2, 0.25) is 0 Å². The van der Waals surface area contributed by atoms with E-state index < -0.39 is 11.9 Å². The number of carbonyl (C=O) groups is 3. The van der Waals surface area contributed by atoms with E-state index in [-0.39, 0.29) is 12.5 Å². The van der Waals surface area contributed by atoms with Gasteiger partial charge in [0.1, 0.15) is 11.5 Å². The Morgan fingerprint density at radius 2 is 1.53 bits per heavy atom. The van der Waals surface area contributed by atoms with Gasteiger partial charge in [-0.2, -0.15) is 5.10 Å². The lowest BCUT2D eigenvalue weighted by molar-refractivity contribution is -0.129. The number of benzene rings is 3. The van der Waals surface area contributed by atoms with E-state index in [0.717, 1.165) is 5.56 Å². The van der Waals surface area contributed by atoms with Gasteiger partial charge in [0.05, 0.1) is 19.9 Å². The number of rotatable bonds is 9. The average Bonchev–Trinajstić information content (AvgIpc) is 2.88. The molecule has 0 radical (unpaired) electrons. The van der Waals surface area contributed by atoms with Crippen LogP contribution in [0.5, 0.6) is 11.5 Å². The molecule has 172 valence electrons. The van der Waals surface area contributed by atoms with Gasteiger partial charge >= 0.3 is 5.97 Å². The Hall–Kier alpha value is -4.72. The fourth-order valence-electron chi connectivity index (χ4n) is 2.72. The van der Waals surface area contributed by atoms with Crippen LogP contribution in [-0.4, -0.2) is 37.7 Å². The predicted molar refractivity (Wildman–Crippen MR) is 129 cm³/mol. The van der Waals surface area contributed by atoms with Crippen molar-refractivity contribution in [3.05, 3.63) is 102 Å². The molecule has 34 heavy (non-hydrogen) atoms. The van der Waals surface area contributed by atoms with Crippen molar-refractivity contribution in [3.8, 4) is 11.5 Å². The summed E-state index contributed by atoms with van der Waals surface area (Å²) in [6.45, 7) is -0.229. The SMILES string of the molecule is COc1ccc(C(=O)NCC(=O)N/N=C\c2ccc(OC(=O)/C=C/c3ccccc3)cc2)cc1. The Balaban J connectivity index is 1.41. The zero-order chi connectivity index (χ0) is 24.2. The van der Waals surface area contributed by atoms with Crippen LogP contribution in [0.4, 0.5) is 0 Å². The van der Waals surface area contributed by atoms with Crippen LogP contribution in [0.3, 0.4) is 0 Å². The summed E-state index contributed by atoms with van der Waals surface area (Å²) in [5.41, 5.74) is 4.33. The average molecular weight is 457 g/mol. The molecule has 2 N–H and O–H groups in total. The van der Waals surface area contributed by atoms with E-state index in [4.69, 9.17) is 9.47 Å². The van der Waals surface area contributed by atoms with Crippen molar-refractivity contribution >= 4 is 30.1 Å². The highest BCUT2D eigenvalue weighted by molar-refractivity contribution is 5.96. The summed E-state index contributed by atoms with van der Waals surface area (Å²) in [7, 11) is 1.54. The normalized spacial score (nSPS) is 10.7. The number of nitrogens with one attached hydrogen (secondary N) is 2. The molecule has 8 heteroatoms. The molecule has 3 aromatic carbocycles. The molecule has 0 heterocycles. The molecule has 0 aliphatic carbocycles. The number of carbonyl (C=O) groups excluding carboxylic acids is 3. The van der Waals surface area contributed by atoms with Crippen LogP contribution in [-0.2, 0) is 9.59 Å². The second kappa shape index (κ2) is 12.4. The predicted octanol–water partition coefficient (Wildman–Crippen LogP) is 3.19. The highest BCUT2D eigenvalue weighted by atomic mass is 16.5. The molecule has 8 nitrogen and oxygen atoms in total. The molecule has 0 fully saturated rings. The first-order valence-electron chi connectivity index (χ1n) is 10.3. The minimum atomic E-state index is -0.491. The molecule has 3 aromatic rings. The molecule has 0 saturated carbocycles. The van der Waals surface area contributed by atoms with E-state index in [1.807, 2.05) is 30.3 Å². The minimum Gasteiger partial charge on any atom is -0.497 e. The molecule has 0 spiro atoms.